The van der Waals surface area contributed by atoms with Crippen molar-refractivity contribution >= 4 is 11.9 Å². The Morgan fingerprint density at radius 1 is 1.30 bits per heavy atom. The molecule has 3 rings (SSSR count). The first kappa shape index (κ1) is 13.2. The van der Waals surface area contributed by atoms with Gasteiger partial charge in [0.2, 0.25) is 0 Å². The Morgan fingerprint density at radius 2 is 2.10 bits per heavy atom. The van der Waals surface area contributed by atoms with E-state index in [9.17, 15) is 9.59 Å². The Hall–Kier alpha value is -1.82. The molecule has 1 amide bonds. The molecule has 6 heteroatoms. The average Bonchev–Trinajstić information content (AvgIpc) is 3.17. The average molecular weight is 278 g/mol. The van der Waals surface area contributed by atoms with Crippen LogP contribution >= 0.6 is 0 Å². The minimum absolute atomic E-state index is 0.0602. The zero-order valence-electron chi connectivity index (χ0n) is 11.1. The summed E-state index contributed by atoms with van der Waals surface area (Å²) in [4.78, 5) is 28.4. The summed E-state index contributed by atoms with van der Waals surface area (Å²) in [5, 5.41) is 8.93. The molecule has 0 bridgehead atoms. The number of ether oxygens (including phenoxy) is 1. The van der Waals surface area contributed by atoms with Crippen molar-refractivity contribution in [3.05, 3.63) is 24.0 Å². The molecule has 0 aromatic carbocycles. The molecule has 2 fully saturated rings. The van der Waals surface area contributed by atoms with E-state index in [-0.39, 0.29) is 11.9 Å². The van der Waals surface area contributed by atoms with Crippen LogP contribution in [0.5, 0.6) is 0 Å². The zero-order valence-corrected chi connectivity index (χ0v) is 11.1. The van der Waals surface area contributed by atoms with Crippen molar-refractivity contribution in [3.63, 3.8) is 0 Å². The van der Waals surface area contributed by atoms with Crippen molar-refractivity contribution in [2.24, 2.45) is 0 Å². The van der Waals surface area contributed by atoms with Crippen LogP contribution in [0.4, 0.5) is 0 Å². The summed E-state index contributed by atoms with van der Waals surface area (Å²) in [6, 6.07) is 3.96. The first-order valence-electron chi connectivity index (χ1n) is 6.99. The van der Waals surface area contributed by atoms with Crippen molar-refractivity contribution in [2.75, 3.05) is 6.54 Å². The molecule has 3 heterocycles. The van der Waals surface area contributed by atoms with Crippen LogP contribution in [0.15, 0.2) is 18.3 Å². The lowest BCUT2D eigenvalue weighted by molar-refractivity contribution is -0.155. The molecule has 3 unspecified atom stereocenters. The van der Waals surface area contributed by atoms with Crippen molar-refractivity contribution in [1.29, 1.82) is 0 Å². The highest BCUT2D eigenvalue weighted by Crippen LogP contribution is 2.33. The Labute approximate surface area is 116 Å². The molecule has 0 aliphatic carbocycles. The van der Waals surface area contributed by atoms with Crippen LogP contribution in [-0.2, 0) is 14.3 Å². The predicted molar refractivity (Wildman–Crippen MR) is 70.0 cm³/mol. The quantitative estimate of drug-likeness (QED) is 0.873. The number of aromatic nitrogens is 1. The number of aliphatic carboxylic acids is 1. The monoisotopic (exact) mass is 278 g/mol. The van der Waals surface area contributed by atoms with Gasteiger partial charge < -0.3 is 19.7 Å². The minimum atomic E-state index is -0.984. The van der Waals surface area contributed by atoms with Crippen LogP contribution in [0.2, 0.25) is 0 Å². The second-order valence-corrected chi connectivity index (χ2v) is 5.34. The normalized spacial score (nSPS) is 29.8. The lowest BCUT2D eigenvalue weighted by Crippen LogP contribution is -2.39. The first-order chi connectivity index (χ1) is 9.66. The molecule has 2 aliphatic heterocycles. The third-order valence-corrected chi connectivity index (χ3v) is 4.09. The molecule has 0 radical (unpaired) electrons. The second-order valence-electron chi connectivity index (χ2n) is 5.34. The largest absolute Gasteiger partial charge is 0.479 e. The van der Waals surface area contributed by atoms with E-state index < -0.39 is 18.2 Å². The maximum absolute atomic E-state index is 12.5. The van der Waals surface area contributed by atoms with Gasteiger partial charge in [-0.3, -0.25) is 4.79 Å². The number of hydrogen-bond acceptors (Lipinski definition) is 3. The van der Waals surface area contributed by atoms with E-state index in [0.29, 0.717) is 19.4 Å². The number of carboxylic acids is 1. The molecule has 1 aromatic rings. The van der Waals surface area contributed by atoms with Gasteiger partial charge in [0.1, 0.15) is 6.10 Å². The van der Waals surface area contributed by atoms with E-state index in [0.717, 1.165) is 18.5 Å². The highest BCUT2D eigenvalue weighted by Gasteiger charge is 2.40. The van der Waals surface area contributed by atoms with Gasteiger partial charge in [-0.05, 0) is 37.8 Å². The van der Waals surface area contributed by atoms with E-state index in [2.05, 4.69) is 4.98 Å². The second kappa shape index (κ2) is 5.28. The Morgan fingerprint density at radius 3 is 2.75 bits per heavy atom. The van der Waals surface area contributed by atoms with Crippen molar-refractivity contribution in [2.45, 2.75) is 43.9 Å². The number of hydrogen-bond donors (Lipinski definition) is 2. The third-order valence-electron chi connectivity index (χ3n) is 4.09. The molecule has 2 saturated heterocycles. The van der Waals surface area contributed by atoms with Gasteiger partial charge in [0, 0.05) is 18.4 Å². The summed E-state index contributed by atoms with van der Waals surface area (Å²) in [5.41, 5.74) is 1.03. The van der Waals surface area contributed by atoms with E-state index in [4.69, 9.17) is 9.84 Å². The maximum Gasteiger partial charge on any atom is 0.332 e. The number of aromatic amines is 1. The number of carboxylic acid groups (broad SMARTS) is 1. The van der Waals surface area contributed by atoms with Crippen molar-refractivity contribution < 1.29 is 19.4 Å². The molecule has 2 aliphatic rings. The summed E-state index contributed by atoms with van der Waals surface area (Å²) in [5.74, 6) is -1.06. The van der Waals surface area contributed by atoms with Crippen LogP contribution in [0.1, 0.15) is 37.4 Å². The molecule has 20 heavy (non-hydrogen) atoms. The molecule has 0 spiro atoms. The fourth-order valence-electron chi connectivity index (χ4n) is 3.09. The van der Waals surface area contributed by atoms with Crippen LogP contribution in [0.3, 0.4) is 0 Å². The number of carbonyl (C=O) groups is 2. The molecule has 0 saturated carbocycles. The lowest BCUT2D eigenvalue weighted by atomic mass is 10.1. The summed E-state index contributed by atoms with van der Waals surface area (Å²) in [6.45, 7) is 0.708. The topological polar surface area (TPSA) is 82.6 Å². The summed E-state index contributed by atoms with van der Waals surface area (Å²) in [6.07, 6.45) is 3.20. The summed E-state index contributed by atoms with van der Waals surface area (Å²) in [7, 11) is 0. The predicted octanol–water partition coefficient (Wildman–Crippen LogP) is 1.31. The number of carbonyl (C=O) groups excluding carboxylic acids is 1. The summed E-state index contributed by atoms with van der Waals surface area (Å²) >= 11 is 0. The molecule has 108 valence electrons. The SMILES string of the molecule is O=C(O)C1CCC(C(=O)N2CCCC2c2ccc[nH]2)O1. The molecule has 2 N–H and O–H groups in total. The molecule has 6 nitrogen and oxygen atoms in total. The van der Waals surface area contributed by atoms with E-state index >= 15 is 0 Å². The van der Waals surface area contributed by atoms with Crippen LogP contribution < -0.4 is 0 Å². The van der Waals surface area contributed by atoms with Crippen molar-refractivity contribution in [1.82, 2.24) is 9.88 Å². The van der Waals surface area contributed by atoms with E-state index in [1.807, 2.05) is 23.2 Å². The van der Waals surface area contributed by atoms with E-state index in [1.165, 1.54) is 0 Å². The third kappa shape index (κ3) is 2.31. The number of H-pyrrole nitrogens is 1. The number of nitrogens with one attached hydrogen (secondary N) is 1. The van der Waals surface area contributed by atoms with E-state index in [1.54, 1.807) is 0 Å². The van der Waals surface area contributed by atoms with Gasteiger partial charge in [0.05, 0.1) is 6.04 Å². The van der Waals surface area contributed by atoms with Crippen LogP contribution in [-0.4, -0.2) is 45.6 Å². The van der Waals surface area contributed by atoms with Gasteiger partial charge in [-0.2, -0.15) is 0 Å². The van der Waals surface area contributed by atoms with Gasteiger partial charge in [0.15, 0.2) is 6.10 Å². The Balaban J connectivity index is 1.69. The van der Waals surface area contributed by atoms with Crippen LogP contribution in [0, 0.1) is 0 Å². The number of likely N-dealkylation sites (tertiary alicyclic amines) is 1. The smallest absolute Gasteiger partial charge is 0.332 e. The van der Waals surface area contributed by atoms with Gasteiger partial charge >= 0.3 is 5.97 Å². The Kier molecular flexibility index (Phi) is 3.48. The molecular formula is C14H18N2O4. The Bertz CT molecular complexity index is 499. The summed E-state index contributed by atoms with van der Waals surface area (Å²) < 4.78 is 5.36. The maximum atomic E-state index is 12.5. The zero-order chi connectivity index (χ0) is 14.1. The number of amides is 1. The van der Waals surface area contributed by atoms with Crippen molar-refractivity contribution in [3.8, 4) is 0 Å². The molecule has 3 atom stereocenters. The molecular weight excluding hydrogens is 260 g/mol. The van der Waals surface area contributed by atoms with Gasteiger partial charge in [-0.1, -0.05) is 0 Å². The fraction of sp³-hybridized carbons (Fsp3) is 0.571. The fourth-order valence-corrected chi connectivity index (χ4v) is 3.09. The number of rotatable bonds is 3. The number of nitrogens with zero attached hydrogens (tertiary/aromatic N) is 1. The standard InChI is InChI=1S/C14H18N2O4/c17-13(11-5-6-12(20-11)14(18)19)16-8-2-4-10(16)9-3-1-7-15-9/h1,3,7,10-12,15H,2,4-6,8H2,(H,18,19). The highest BCUT2D eigenvalue weighted by molar-refractivity contribution is 5.83. The lowest BCUT2D eigenvalue weighted by Gasteiger charge is -2.26. The molecule has 1 aromatic heterocycles. The minimum Gasteiger partial charge on any atom is -0.479 e. The highest BCUT2D eigenvalue weighted by atomic mass is 16.5. The van der Waals surface area contributed by atoms with Crippen LogP contribution in [0.25, 0.3) is 0 Å². The van der Waals surface area contributed by atoms with Gasteiger partial charge in [-0.25, -0.2) is 4.79 Å². The first-order valence-corrected chi connectivity index (χ1v) is 6.99. The van der Waals surface area contributed by atoms with Gasteiger partial charge in [0.25, 0.3) is 5.91 Å². The van der Waals surface area contributed by atoms with Gasteiger partial charge in [-0.15, -0.1) is 0 Å².